The minimum atomic E-state index is -1.12. The third-order valence-corrected chi connectivity index (χ3v) is 4.91. The van der Waals surface area contributed by atoms with E-state index in [9.17, 15) is 24.5 Å². The number of fused-ring (bicyclic) bond motifs is 1. The molecule has 0 bridgehead atoms. The lowest BCUT2D eigenvalue weighted by molar-refractivity contribution is -0.384. The maximum Gasteiger partial charge on any atom is 0.335 e. The van der Waals surface area contributed by atoms with E-state index in [0.29, 0.717) is 22.7 Å². The van der Waals surface area contributed by atoms with Crippen molar-refractivity contribution in [2.24, 2.45) is 0 Å². The molecule has 1 aliphatic heterocycles. The lowest BCUT2D eigenvalue weighted by Gasteiger charge is -2.12. The summed E-state index contributed by atoms with van der Waals surface area (Å²) < 4.78 is 10.6. The van der Waals surface area contributed by atoms with Gasteiger partial charge >= 0.3 is 5.97 Å². The van der Waals surface area contributed by atoms with E-state index in [-0.39, 0.29) is 29.3 Å². The molecule has 0 spiro atoms. The summed E-state index contributed by atoms with van der Waals surface area (Å²) in [6, 6.07) is 15.5. The summed E-state index contributed by atoms with van der Waals surface area (Å²) in [6.07, 6.45) is 1.40. The zero-order chi connectivity index (χ0) is 24.9. The molecule has 0 fully saturated rings. The second-order valence-corrected chi connectivity index (χ2v) is 7.27. The van der Waals surface area contributed by atoms with Gasteiger partial charge in [0.1, 0.15) is 5.70 Å². The van der Waals surface area contributed by atoms with Crippen molar-refractivity contribution in [3.63, 3.8) is 0 Å². The second kappa shape index (κ2) is 9.75. The van der Waals surface area contributed by atoms with Gasteiger partial charge in [-0.25, -0.2) is 4.79 Å². The van der Waals surface area contributed by atoms with Crippen LogP contribution in [0.5, 0.6) is 11.5 Å². The molecule has 3 aromatic carbocycles. The van der Waals surface area contributed by atoms with Gasteiger partial charge in [-0.2, -0.15) is 0 Å². The van der Waals surface area contributed by atoms with Crippen LogP contribution in [0.15, 0.2) is 72.4 Å². The van der Waals surface area contributed by atoms with E-state index in [1.807, 2.05) is 0 Å². The number of carboxylic acid groups (broad SMARTS) is 1. The summed E-state index contributed by atoms with van der Waals surface area (Å²) in [4.78, 5) is 47.3. The molecule has 2 amide bonds. The summed E-state index contributed by atoms with van der Waals surface area (Å²) in [5.41, 5.74) is 0.387. The Morgan fingerprint density at radius 2 is 1.69 bits per heavy atom. The predicted octanol–water partition coefficient (Wildman–Crippen LogP) is 3.43. The highest BCUT2D eigenvalue weighted by Crippen LogP contribution is 2.33. The molecule has 3 N–H and O–H groups in total. The average molecular weight is 475 g/mol. The molecule has 4 rings (SSSR count). The number of nitro benzene ring substituents is 1. The molecule has 176 valence electrons. The minimum Gasteiger partial charge on any atom is -0.478 e. The Morgan fingerprint density at radius 3 is 2.40 bits per heavy atom. The van der Waals surface area contributed by atoms with Crippen molar-refractivity contribution in [2.75, 3.05) is 12.1 Å². The molecular formula is C24H17N3O8. The number of hydrogen-bond acceptors (Lipinski definition) is 7. The van der Waals surface area contributed by atoms with Gasteiger partial charge in [-0.05, 0) is 54.1 Å². The van der Waals surface area contributed by atoms with Crippen LogP contribution >= 0.6 is 0 Å². The molecular weight excluding hydrogens is 458 g/mol. The van der Waals surface area contributed by atoms with Gasteiger partial charge in [0.25, 0.3) is 17.5 Å². The third-order valence-electron chi connectivity index (χ3n) is 4.91. The van der Waals surface area contributed by atoms with Crippen molar-refractivity contribution < 1.29 is 33.9 Å². The van der Waals surface area contributed by atoms with E-state index < -0.39 is 22.7 Å². The first-order valence-corrected chi connectivity index (χ1v) is 10.1. The molecule has 0 unspecified atom stereocenters. The van der Waals surface area contributed by atoms with Crippen molar-refractivity contribution in [2.45, 2.75) is 0 Å². The molecule has 0 aliphatic carbocycles. The largest absolute Gasteiger partial charge is 0.478 e. The van der Waals surface area contributed by atoms with Crippen LogP contribution in [0, 0.1) is 10.1 Å². The summed E-state index contributed by atoms with van der Waals surface area (Å²) in [5, 5.41) is 25.2. The number of aromatic carboxylic acids is 1. The first-order chi connectivity index (χ1) is 16.8. The maximum atomic E-state index is 13.0. The van der Waals surface area contributed by atoms with Gasteiger partial charge in [0.05, 0.1) is 10.5 Å². The number of nitro groups is 1. The number of carboxylic acids is 1. The van der Waals surface area contributed by atoms with Crippen LogP contribution in [0.1, 0.15) is 26.3 Å². The lowest BCUT2D eigenvalue weighted by Crippen LogP contribution is -2.30. The monoisotopic (exact) mass is 475 g/mol. The Labute approximate surface area is 197 Å². The number of non-ortho nitro benzene ring substituents is 1. The van der Waals surface area contributed by atoms with Gasteiger partial charge in [-0.3, -0.25) is 19.7 Å². The van der Waals surface area contributed by atoms with E-state index in [0.717, 1.165) is 6.07 Å². The lowest BCUT2D eigenvalue weighted by atomic mass is 10.1. The molecule has 0 radical (unpaired) electrons. The predicted molar refractivity (Wildman–Crippen MR) is 123 cm³/mol. The SMILES string of the molecule is O=C(Nc1ccc(C(=O)O)cc1)/C(=C/c1ccc2c(c1)OCO2)NC(=O)c1cccc([N+](=O)[O-])c1. The van der Waals surface area contributed by atoms with Crippen LogP contribution in [0.4, 0.5) is 11.4 Å². The van der Waals surface area contributed by atoms with Gasteiger partial charge in [-0.15, -0.1) is 0 Å². The zero-order valence-corrected chi connectivity index (χ0v) is 17.9. The molecule has 11 nitrogen and oxygen atoms in total. The van der Waals surface area contributed by atoms with Gasteiger partial charge in [0, 0.05) is 23.4 Å². The number of rotatable bonds is 7. The minimum absolute atomic E-state index is 0.0191. The Kier molecular flexibility index (Phi) is 6.40. The number of ether oxygens (including phenoxy) is 2. The van der Waals surface area contributed by atoms with E-state index in [4.69, 9.17) is 14.6 Å². The first kappa shape index (κ1) is 23.0. The third kappa shape index (κ3) is 5.42. The van der Waals surface area contributed by atoms with Crippen LogP contribution < -0.4 is 20.1 Å². The Bertz CT molecular complexity index is 1370. The number of amides is 2. The highest BCUT2D eigenvalue weighted by atomic mass is 16.7. The molecule has 11 heteroatoms. The highest BCUT2D eigenvalue weighted by Gasteiger charge is 2.19. The van der Waals surface area contributed by atoms with Crippen LogP contribution in [-0.4, -0.2) is 34.6 Å². The van der Waals surface area contributed by atoms with Gasteiger partial charge in [0.15, 0.2) is 11.5 Å². The standard InChI is InChI=1S/C24H17N3O8/c28-22(16-2-1-3-18(12-16)27(32)33)26-19(10-14-4-9-20-21(11-14)35-13-34-20)23(29)25-17-7-5-15(6-8-17)24(30)31/h1-12H,13H2,(H,25,29)(H,26,28)(H,30,31)/b19-10-. The Hall–Kier alpha value is -5.19. The second-order valence-electron chi connectivity index (χ2n) is 7.27. The first-order valence-electron chi connectivity index (χ1n) is 10.1. The van der Waals surface area contributed by atoms with Crippen LogP contribution in [-0.2, 0) is 4.79 Å². The fourth-order valence-electron chi connectivity index (χ4n) is 3.18. The number of hydrogen-bond donors (Lipinski definition) is 3. The van der Waals surface area contributed by atoms with Gasteiger partial charge in [-0.1, -0.05) is 12.1 Å². The summed E-state index contributed by atoms with van der Waals surface area (Å²) in [7, 11) is 0. The van der Waals surface area contributed by atoms with Crippen LogP contribution in [0.2, 0.25) is 0 Å². The van der Waals surface area contributed by atoms with E-state index in [1.54, 1.807) is 18.2 Å². The van der Waals surface area contributed by atoms with Gasteiger partial charge in [0.2, 0.25) is 6.79 Å². The van der Waals surface area contributed by atoms with Crippen LogP contribution in [0.3, 0.4) is 0 Å². The molecule has 1 aliphatic rings. The molecule has 3 aromatic rings. The average Bonchev–Trinajstić information content (AvgIpc) is 3.32. The number of carbonyl (C=O) groups excluding carboxylic acids is 2. The smallest absolute Gasteiger partial charge is 0.335 e. The maximum absolute atomic E-state index is 13.0. The van der Waals surface area contributed by atoms with Crippen molar-refractivity contribution >= 4 is 35.2 Å². The summed E-state index contributed by atoms with van der Waals surface area (Å²) >= 11 is 0. The normalized spacial score (nSPS) is 12.1. The van der Waals surface area contributed by atoms with Crippen molar-refractivity contribution in [1.29, 1.82) is 0 Å². The topological polar surface area (TPSA) is 157 Å². The van der Waals surface area contributed by atoms with Crippen molar-refractivity contribution in [1.82, 2.24) is 5.32 Å². The number of anilines is 1. The van der Waals surface area contributed by atoms with E-state index >= 15 is 0 Å². The number of nitrogens with one attached hydrogen (secondary N) is 2. The van der Waals surface area contributed by atoms with Crippen LogP contribution in [0.25, 0.3) is 6.08 Å². The summed E-state index contributed by atoms with van der Waals surface area (Å²) in [6.45, 7) is 0.0612. The van der Waals surface area contributed by atoms with Crippen molar-refractivity contribution in [3.8, 4) is 11.5 Å². The Morgan fingerprint density at radius 1 is 0.943 bits per heavy atom. The van der Waals surface area contributed by atoms with Gasteiger partial charge < -0.3 is 25.2 Å². The van der Waals surface area contributed by atoms with E-state index in [1.165, 1.54) is 48.5 Å². The van der Waals surface area contributed by atoms with Crippen molar-refractivity contribution in [3.05, 3.63) is 99.2 Å². The number of benzene rings is 3. The molecule has 0 aromatic heterocycles. The fourth-order valence-corrected chi connectivity index (χ4v) is 3.18. The quantitative estimate of drug-likeness (QED) is 0.266. The molecule has 0 saturated carbocycles. The zero-order valence-electron chi connectivity index (χ0n) is 17.9. The molecule has 35 heavy (non-hydrogen) atoms. The summed E-state index contributed by atoms with van der Waals surface area (Å²) in [5.74, 6) is -1.56. The number of carbonyl (C=O) groups is 3. The number of nitrogens with zero attached hydrogens (tertiary/aromatic N) is 1. The molecule has 0 saturated heterocycles. The molecule has 1 heterocycles. The Balaban J connectivity index is 1.62. The fraction of sp³-hybridized carbons (Fsp3) is 0.0417. The van der Waals surface area contributed by atoms with E-state index in [2.05, 4.69) is 10.6 Å². The highest BCUT2D eigenvalue weighted by molar-refractivity contribution is 6.10. The molecule has 0 atom stereocenters.